The van der Waals surface area contributed by atoms with Crippen LogP contribution in [0, 0.1) is 17.1 Å². The number of fused-ring (bicyclic) bond motifs is 1. The third kappa shape index (κ3) is 4.50. The molecule has 1 aliphatic rings. The number of nitriles is 1. The predicted octanol–water partition coefficient (Wildman–Crippen LogP) is 4.27. The molecule has 2 heterocycles. The Labute approximate surface area is 205 Å². The average molecular weight is 509 g/mol. The molecule has 35 heavy (non-hydrogen) atoms. The summed E-state index contributed by atoms with van der Waals surface area (Å²) in [6.07, 6.45) is 0.377. The Balaban J connectivity index is 1.63. The number of hydrogen-bond acceptors (Lipinski definition) is 5. The van der Waals surface area contributed by atoms with Crippen molar-refractivity contribution >= 4 is 38.2 Å². The van der Waals surface area contributed by atoms with E-state index in [-0.39, 0.29) is 11.5 Å². The van der Waals surface area contributed by atoms with Gasteiger partial charge in [0.1, 0.15) is 11.5 Å². The van der Waals surface area contributed by atoms with E-state index < -0.39 is 27.6 Å². The van der Waals surface area contributed by atoms with Crippen molar-refractivity contribution in [1.29, 1.82) is 5.26 Å². The minimum absolute atomic E-state index is 0.0558. The zero-order chi connectivity index (χ0) is 24.7. The van der Waals surface area contributed by atoms with Crippen LogP contribution < -0.4 is 5.32 Å². The SMILES string of the molecule is N#Cc1ccc(Cl)c(-c2nn(-c3ccc(F)cc3)c3cc(C(=O)NC4CCS(=O)(=O)C4)ccc23)c1. The third-order valence-electron chi connectivity index (χ3n) is 5.93. The normalized spacial score (nSPS) is 16.8. The van der Waals surface area contributed by atoms with E-state index in [1.807, 2.05) is 0 Å². The molecule has 5 rings (SSSR count). The number of rotatable bonds is 4. The highest BCUT2D eigenvalue weighted by Gasteiger charge is 2.29. The number of hydrogen-bond donors (Lipinski definition) is 1. The summed E-state index contributed by atoms with van der Waals surface area (Å²) in [5.74, 6) is -0.819. The lowest BCUT2D eigenvalue weighted by molar-refractivity contribution is 0.0941. The molecule has 4 aromatic rings. The number of carbonyl (C=O) groups is 1. The smallest absolute Gasteiger partial charge is 0.251 e. The molecule has 1 unspecified atom stereocenters. The summed E-state index contributed by atoms with van der Waals surface area (Å²) in [5, 5.41) is 17.9. The van der Waals surface area contributed by atoms with Crippen LogP contribution in [0.3, 0.4) is 0 Å². The maximum absolute atomic E-state index is 13.6. The number of nitrogens with zero attached hydrogens (tertiary/aromatic N) is 3. The maximum atomic E-state index is 13.6. The number of amides is 1. The molecule has 3 aromatic carbocycles. The first kappa shape index (κ1) is 23.0. The fourth-order valence-corrected chi connectivity index (χ4v) is 6.07. The van der Waals surface area contributed by atoms with Gasteiger partial charge in [0.2, 0.25) is 0 Å². The number of nitrogens with one attached hydrogen (secondary N) is 1. The molecule has 0 bridgehead atoms. The molecule has 0 saturated carbocycles. The van der Waals surface area contributed by atoms with Crippen LogP contribution in [0.2, 0.25) is 5.02 Å². The number of halogens is 2. The van der Waals surface area contributed by atoms with Crippen LogP contribution >= 0.6 is 11.6 Å². The Kier molecular flexibility index (Phi) is 5.79. The number of benzene rings is 3. The first-order valence-electron chi connectivity index (χ1n) is 10.7. The van der Waals surface area contributed by atoms with Gasteiger partial charge in [-0.3, -0.25) is 4.79 Å². The molecule has 176 valence electrons. The van der Waals surface area contributed by atoms with Gasteiger partial charge in [0.25, 0.3) is 5.91 Å². The van der Waals surface area contributed by atoms with E-state index in [2.05, 4.69) is 11.4 Å². The fourth-order valence-electron chi connectivity index (χ4n) is 4.19. The molecule has 1 N–H and O–H groups in total. The number of carbonyl (C=O) groups excluding carboxylic acids is 1. The molecule has 1 aromatic heterocycles. The minimum Gasteiger partial charge on any atom is -0.348 e. The highest BCUT2D eigenvalue weighted by molar-refractivity contribution is 7.91. The van der Waals surface area contributed by atoms with Gasteiger partial charge >= 0.3 is 0 Å². The van der Waals surface area contributed by atoms with Crippen molar-refractivity contribution in [3.63, 3.8) is 0 Å². The number of sulfone groups is 1. The molecule has 0 radical (unpaired) electrons. The largest absolute Gasteiger partial charge is 0.348 e. The summed E-state index contributed by atoms with van der Waals surface area (Å²) in [6.45, 7) is 0. The van der Waals surface area contributed by atoms with Crippen LogP contribution in [-0.4, -0.2) is 41.7 Å². The van der Waals surface area contributed by atoms with Crippen LogP contribution in [0.1, 0.15) is 22.3 Å². The van der Waals surface area contributed by atoms with Gasteiger partial charge in [0, 0.05) is 22.6 Å². The van der Waals surface area contributed by atoms with Crippen molar-refractivity contribution in [3.05, 3.63) is 82.6 Å². The molecule has 1 saturated heterocycles. The van der Waals surface area contributed by atoms with Gasteiger partial charge in [-0.1, -0.05) is 11.6 Å². The zero-order valence-corrected chi connectivity index (χ0v) is 19.8. The number of aromatic nitrogens is 2. The molecular formula is C25H18ClFN4O3S. The van der Waals surface area contributed by atoms with Crippen LogP contribution in [0.25, 0.3) is 27.8 Å². The van der Waals surface area contributed by atoms with Gasteiger partial charge in [-0.25, -0.2) is 17.5 Å². The Morgan fingerprint density at radius 1 is 1.14 bits per heavy atom. The topological polar surface area (TPSA) is 105 Å². The highest BCUT2D eigenvalue weighted by atomic mass is 35.5. The van der Waals surface area contributed by atoms with Crippen LogP contribution in [0.15, 0.2) is 60.7 Å². The van der Waals surface area contributed by atoms with E-state index in [0.29, 0.717) is 50.4 Å². The van der Waals surface area contributed by atoms with Crippen LogP contribution in [0.4, 0.5) is 4.39 Å². The second kappa shape index (κ2) is 8.80. The summed E-state index contributed by atoms with van der Waals surface area (Å²) in [7, 11) is -3.14. The highest BCUT2D eigenvalue weighted by Crippen LogP contribution is 2.35. The molecular weight excluding hydrogens is 491 g/mol. The zero-order valence-electron chi connectivity index (χ0n) is 18.2. The molecule has 1 aliphatic heterocycles. The first-order valence-corrected chi connectivity index (χ1v) is 12.9. The summed E-state index contributed by atoms with van der Waals surface area (Å²) in [5.41, 5.74) is 2.92. The van der Waals surface area contributed by atoms with Crippen molar-refractivity contribution in [2.24, 2.45) is 0 Å². The van der Waals surface area contributed by atoms with Crippen LogP contribution in [-0.2, 0) is 9.84 Å². The molecule has 1 fully saturated rings. The van der Waals surface area contributed by atoms with E-state index >= 15 is 0 Å². The standard InChI is InChI=1S/C25H18ClFN4O3S/c26-22-8-1-15(13-28)11-21(22)24-20-7-2-16(25(32)29-18-9-10-35(33,34)14-18)12-23(20)31(30-24)19-5-3-17(27)4-6-19/h1-8,11-12,18H,9-10,14H2,(H,29,32). The molecule has 7 nitrogen and oxygen atoms in total. The fraction of sp³-hybridized carbons (Fsp3) is 0.160. The van der Waals surface area contributed by atoms with E-state index in [1.54, 1.807) is 53.2 Å². The van der Waals surface area contributed by atoms with Crippen molar-refractivity contribution in [3.8, 4) is 23.0 Å². The lowest BCUT2D eigenvalue weighted by Gasteiger charge is -2.11. The van der Waals surface area contributed by atoms with Gasteiger partial charge in [-0.2, -0.15) is 10.4 Å². The Morgan fingerprint density at radius 3 is 2.60 bits per heavy atom. The second-order valence-corrected chi connectivity index (χ2v) is 11.0. The molecule has 0 aliphatic carbocycles. The van der Waals surface area contributed by atoms with Crippen molar-refractivity contribution < 1.29 is 17.6 Å². The van der Waals surface area contributed by atoms with Gasteiger partial charge in [0.05, 0.1) is 39.4 Å². The molecule has 0 spiro atoms. The third-order valence-corrected chi connectivity index (χ3v) is 8.03. The quantitative estimate of drug-likeness (QED) is 0.443. The minimum atomic E-state index is -3.14. The summed E-state index contributed by atoms with van der Waals surface area (Å²) in [4.78, 5) is 12.9. The van der Waals surface area contributed by atoms with Crippen molar-refractivity contribution in [2.75, 3.05) is 11.5 Å². The second-order valence-electron chi connectivity index (χ2n) is 8.35. The van der Waals surface area contributed by atoms with Crippen molar-refractivity contribution in [2.45, 2.75) is 12.5 Å². The van der Waals surface area contributed by atoms with E-state index in [1.165, 1.54) is 12.1 Å². The molecule has 10 heteroatoms. The molecule has 1 atom stereocenters. The predicted molar refractivity (Wildman–Crippen MR) is 131 cm³/mol. The lowest BCUT2D eigenvalue weighted by Crippen LogP contribution is -2.35. The summed E-state index contributed by atoms with van der Waals surface area (Å²) >= 11 is 6.44. The van der Waals surface area contributed by atoms with E-state index in [0.717, 1.165) is 0 Å². The average Bonchev–Trinajstić information content (AvgIpc) is 3.39. The summed E-state index contributed by atoms with van der Waals surface area (Å²) < 4.78 is 38.6. The first-order chi connectivity index (χ1) is 16.7. The van der Waals surface area contributed by atoms with Gasteiger partial charge in [-0.05, 0) is 67.1 Å². The Bertz CT molecular complexity index is 1630. The lowest BCUT2D eigenvalue weighted by atomic mass is 10.0. The Hall–Kier alpha value is -3.74. The molecule has 1 amide bonds. The van der Waals surface area contributed by atoms with Gasteiger partial charge < -0.3 is 5.32 Å². The monoisotopic (exact) mass is 508 g/mol. The van der Waals surface area contributed by atoms with Crippen LogP contribution in [0.5, 0.6) is 0 Å². The summed E-state index contributed by atoms with van der Waals surface area (Å²) in [6, 6.07) is 17.3. The Morgan fingerprint density at radius 2 is 1.91 bits per heavy atom. The maximum Gasteiger partial charge on any atom is 0.251 e. The van der Waals surface area contributed by atoms with Gasteiger partial charge in [-0.15, -0.1) is 0 Å². The van der Waals surface area contributed by atoms with E-state index in [9.17, 15) is 22.9 Å². The van der Waals surface area contributed by atoms with E-state index in [4.69, 9.17) is 16.7 Å². The van der Waals surface area contributed by atoms with Crippen molar-refractivity contribution in [1.82, 2.24) is 15.1 Å². The van der Waals surface area contributed by atoms with Gasteiger partial charge in [0.15, 0.2) is 9.84 Å².